The third-order valence-corrected chi connectivity index (χ3v) is 2.71. The lowest BCUT2D eigenvalue weighted by Crippen LogP contribution is -2.17. The van der Waals surface area contributed by atoms with Crippen LogP contribution in [0.2, 0.25) is 0 Å². The van der Waals surface area contributed by atoms with Crippen LogP contribution < -0.4 is 5.56 Å². The monoisotopic (exact) mass is 258 g/mol. The van der Waals surface area contributed by atoms with Crippen LogP contribution in [-0.4, -0.2) is 24.7 Å². The van der Waals surface area contributed by atoms with Crippen molar-refractivity contribution in [1.29, 1.82) is 0 Å². The average Bonchev–Trinajstić information content (AvgIpc) is 2.57. The summed E-state index contributed by atoms with van der Waals surface area (Å²) in [6, 6.07) is 0. The molecule has 2 aromatic heterocycles. The zero-order valence-corrected chi connectivity index (χ0v) is 8.87. The average molecular weight is 259 g/mol. The number of halogens is 1. The molecule has 2 heterocycles. The molecule has 7 heteroatoms. The topological polar surface area (TPSA) is 83.3 Å². The molecule has 0 aromatic carbocycles. The predicted molar refractivity (Wildman–Crippen MR) is 52.0 cm³/mol. The SMILES string of the molecule is Cc1nc2nc(CO)[nH]n2c(=O)c1Br. The molecule has 2 aromatic rings. The number of fused-ring (bicyclic) bond motifs is 1. The predicted octanol–water partition coefficient (Wildman–Crippen LogP) is -0.0192. The van der Waals surface area contributed by atoms with Crippen LogP contribution in [0.3, 0.4) is 0 Å². The molecule has 14 heavy (non-hydrogen) atoms. The van der Waals surface area contributed by atoms with Gasteiger partial charge in [-0.05, 0) is 22.9 Å². The van der Waals surface area contributed by atoms with Gasteiger partial charge in [0.2, 0.25) is 0 Å². The largest absolute Gasteiger partial charge is 0.388 e. The van der Waals surface area contributed by atoms with Crippen molar-refractivity contribution in [2.24, 2.45) is 0 Å². The molecule has 0 radical (unpaired) electrons. The second-order valence-corrected chi connectivity index (χ2v) is 3.57. The van der Waals surface area contributed by atoms with Crippen LogP contribution in [-0.2, 0) is 6.61 Å². The van der Waals surface area contributed by atoms with E-state index in [1.165, 1.54) is 4.52 Å². The Morgan fingerprint density at radius 2 is 2.29 bits per heavy atom. The molecule has 0 aliphatic rings. The molecule has 2 rings (SSSR count). The number of hydrogen-bond acceptors (Lipinski definition) is 4. The van der Waals surface area contributed by atoms with Crippen LogP contribution in [0.1, 0.15) is 11.5 Å². The highest BCUT2D eigenvalue weighted by molar-refractivity contribution is 9.10. The molecule has 0 bridgehead atoms. The van der Waals surface area contributed by atoms with Crippen LogP contribution in [0, 0.1) is 6.92 Å². The van der Waals surface area contributed by atoms with Crippen LogP contribution in [0.4, 0.5) is 0 Å². The van der Waals surface area contributed by atoms with Gasteiger partial charge in [-0.2, -0.15) is 9.50 Å². The van der Waals surface area contributed by atoms with E-state index in [0.29, 0.717) is 16.0 Å². The van der Waals surface area contributed by atoms with Gasteiger partial charge >= 0.3 is 0 Å². The van der Waals surface area contributed by atoms with Crippen LogP contribution in [0.15, 0.2) is 9.27 Å². The highest BCUT2D eigenvalue weighted by Gasteiger charge is 2.10. The maximum atomic E-state index is 11.6. The standard InChI is InChI=1S/C7H7BrN4O2/c1-3-5(8)6(14)12-7(9-3)10-4(2-13)11-12/h13H,2H2,1H3,(H,9,10,11). The summed E-state index contributed by atoms with van der Waals surface area (Å²) in [5, 5.41) is 11.5. The number of rotatable bonds is 1. The van der Waals surface area contributed by atoms with E-state index in [-0.39, 0.29) is 17.9 Å². The summed E-state index contributed by atoms with van der Waals surface area (Å²) in [6.45, 7) is 1.46. The molecule has 0 aliphatic carbocycles. The molecule has 0 saturated heterocycles. The lowest BCUT2D eigenvalue weighted by Gasteiger charge is -1.95. The number of nitrogens with one attached hydrogen (secondary N) is 1. The zero-order chi connectivity index (χ0) is 10.3. The minimum atomic E-state index is -0.264. The van der Waals surface area contributed by atoms with Crippen molar-refractivity contribution < 1.29 is 5.11 Å². The smallest absolute Gasteiger partial charge is 0.288 e. The van der Waals surface area contributed by atoms with E-state index in [1.54, 1.807) is 6.92 Å². The van der Waals surface area contributed by atoms with Gasteiger partial charge in [0.15, 0.2) is 5.82 Å². The summed E-state index contributed by atoms with van der Waals surface area (Å²) in [7, 11) is 0. The third-order valence-electron chi connectivity index (χ3n) is 1.80. The van der Waals surface area contributed by atoms with Gasteiger partial charge in [0.25, 0.3) is 11.3 Å². The fourth-order valence-electron chi connectivity index (χ4n) is 1.11. The number of aliphatic hydroxyl groups excluding tert-OH is 1. The Morgan fingerprint density at radius 3 is 2.93 bits per heavy atom. The van der Waals surface area contributed by atoms with Gasteiger partial charge in [0.05, 0.1) is 5.69 Å². The second kappa shape index (κ2) is 3.18. The molecule has 0 aliphatic heterocycles. The zero-order valence-electron chi connectivity index (χ0n) is 7.28. The normalized spacial score (nSPS) is 11.1. The van der Waals surface area contributed by atoms with Gasteiger partial charge < -0.3 is 5.11 Å². The lowest BCUT2D eigenvalue weighted by molar-refractivity contribution is 0.271. The van der Waals surface area contributed by atoms with Gasteiger partial charge in [-0.15, -0.1) is 0 Å². The van der Waals surface area contributed by atoms with E-state index in [0.717, 1.165) is 0 Å². The third kappa shape index (κ3) is 1.25. The molecule has 6 nitrogen and oxygen atoms in total. The molecular formula is C7H7BrN4O2. The first-order valence-corrected chi connectivity index (χ1v) is 4.67. The van der Waals surface area contributed by atoms with E-state index in [1.807, 2.05) is 0 Å². The molecule has 0 atom stereocenters. The van der Waals surface area contributed by atoms with Gasteiger partial charge in [0.1, 0.15) is 11.1 Å². The number of H-pyrrole nitrogens is 1. The summed E-state index contributed by atoms with van der Waals surface area (Å²) in [5.41, 5.74) is 0.311. The Labute approximate surface area is 86.7 Å². The van der Waals surface area contributed by atoms with Gasteiger partial charge in [-0.25, -0.2) is 4.98 Å². The number of nitrogens with zero attached hydrogens (tertiary/aromatic N) is 3. The van der Waals surface area contributed by atoms with Crippen LogP contribution in [0.25, 0.3) is 5.78 Å². The fourth-order valence-corrected chi connectivity index (χ4v) is 1.38. The molecular weight excluding hydrogens is 252 g/mol. The summed E-state index contributed by atoms with van der Waals surface area (Å²) >= 11 is 3.13. The first kappa shape index (κ1) is 9.35. The Kier molecular flexibility index (Phi) is 2.12. The number of aromatic amines is 1. The maximum absolute atomic E-state index is 11.6. The van der Waals surface area contributed by atoms with Crippen molar-refractivity contribution in [3.63, 3.8) is 0 Å². The maximum Gasteiger partial charge on any atom is 0.288 e. The Hall–Kier alpha value is -1.21. The van der Waals surface area contributed by atoms with Crippen LogP contribution >= 0.6 is 15.9 Å². The molecule has 0 unspecified atom stereocenters. The van der Waals surface area contributed by atoms with Crippen LogP contribution in [0.5, 0.6) is 0 Å². The first-order valence-electron chi connectivity index (χ1n) is 3.88. The first-order chi connectivity index (χ1) is 6.63. The Bertz CT molecular complexity index is 544. The number of aliphatic hydroxyl groups is 1. The molecule has 0 spiro atoms. The number of aromatic nitrogens is 4. The Morgan fingerprint density at radius 1 is 1.57 bits per heavy atom. The van der Waals surface area contributed by atoms with Crippen molar-refractivity contribution in [2.45, 2.75) is 13.5 Å². The van der Waals surface area contributed by atoms with E-state index in [9.17, 15) is 4.79 Å². The van der Waals surface area contributed by atoms with Gasteiger partial charge in [-0.1, -0.05) is 0 Å². The molecule has 0 saturated carbocycles. The van der Waals surface area contributed by atoms with Crippen molar-refractivity contribution in [3.8, 4) is 0 Å². The summed E-state index contributed by atoms with van der Waals surface area (Å²) in [5.74, 6) is 0.576. The molecule has 0 fully saturated rings. The quantitative estimate of drug-likeness (QED) is 0.753. The lowest BCUT2D eigenvalue weighted by atomic mass is 10.4. The minimum Gasteiger partial charge on any atom is -0.388 e. The Balaban J connectivity index is 2.88. The van der Waals surface area contributed by atoms with E-state index >= 15 is 0 Å². The van der Waals surface area contributed by atoms with Gasteiger partial charge in [-0.3, -0.25) is 9.89 Å². The highest BCUT2D eigenvalue weighted by atomic mass is 79.9. The van der Waals surface area contributed by atoms with Crippen molar-refractivity contribution in [2.75, 3.05) is 0 Å². The van der Waals surface area contributed by atoms with Crippen molar-refractivity contribution in [1.82, 2.24) is 19.6 Å². The van der Waals surface area contributed by atoms with E-state index < -0.39 is 0 Å². The highest BCUT2D eigenvalue weighted by Crippen LogP contribution is 2.08. The molecule has 0 amide bonds. The minimum absolute atomic E-state index is 0.251. The summed E-state index contributed by atoms with van der Waals surface area (Å²) < 4.78 is 1.57. The van der Waals surface area contributed by atoms with Crippen molar-refractivity contribution in [3.05, 3.63) is 26.3 Å². The van der Waals surface area contributed by atoms with Crippen molar-refractivity contribution >= 4 is 21.7 Å². The van der Waals surface area contributed by atoms with E-state index in [4.69, 9.17) is 5.11 Å². The molecule has 2 N–H and O–H groups in total. The van der Waals surface area contributed by atoms with Gasteiger partial charge in [0, 0.05) is 0 Å². The summed E-state index contributed by atoms with van der Waals surface area (Å²) in [6.07, 6.45) is 0. The molecule has 74 valence electrons. The number of hydrogen-bond donors (Lipinski definition) is 2. The fraction of sp³-hybridized carbons (Fsp3) is 0.286. The summed E-state index contributed by atoms with van der Waals surface area (Å²) in [4.78, 5) is 19.6. The number of aryl methyl sites for hydroxylation is 1. The van der Waals surface area contributed by atoms with E-state index in [2.05, 4.69) is 31.0 Å². The second-order valence-electron chi connectivity index (χ2n) is 2.78.